The van der Waals surface area contributed by atoms with E-state index in [1.807, 2.05) is 6.92 Å². The molecule has 0 bridgehead atoms. The molecular weight excluding hydrogens is 296 g/mol. The molecule has 2 rings (SSSR count). The predicted molar refractivity (Wildman–Crippen MR) is 79.0 cm³/mol. The quantitative estimate of drug-likeness (QED) is 0.832. The van der Waals surface area contributed by atoms with Gasteiger partial charge < -0.3 is 10.4 Å². The van der Waals surface area contributed by atoms with Crippen molar-refractivity contribution in [2.24, 2.45) is 0 Å². The number of thiophene rings is 1. The third kappa shape index (κ3) is 3.52. The standard InChI is InChI=1S/C13H12N2O3S2/c1-8-10(20-7-15-8)6-14-13(18)12-9(4-5-19-12)2-3-11(16)17/h2-5,7H,6H2,1H3,(H,14,18)(H,16,17). The van der Waals surface area contributed by atoms with Crippen molar-refractivity contribution < 1.29 is 14.7 Å². The highest BCUT2D eigenvalue weighted by molar-refractivity contribution is 7.12. The van der Waals surface area contributed by atoms with Gasteiger partial charge in [-0.25, -0.2) is 9.78 Å². The molecule has 0 aromatic carbocycles. The van der Waals surface area contributed by atoms with Gasteiger partial charge >= 0.3 is 5.97 Å². The summed E-state index contributed by atoms with van der Waals surface area (Å²) in [5.41, 5.74) is 3.26. The Morgan fingerprint density at radius 3 is 2.90 bits per heavy atom. The zero-order valence-corrected chi connectivity index (χ0v) is 12.3. The molecular formula is C13H12N2O3S2. The van der Waals surface area contributed by atoms with Crippen LogP contribution in [-0.4, -0.2) is 22.0 Å². The summed E-state index contributed by atoms with van der Waals surface area (Å²) >= 11 is 2.78. The maximum Gasteiger partial charge on any atom is 0.328 e. The molecule has 0 radical (unpaired) electrons. The van der Waals surface area contributed by atoms with Gasteiger partial charge in [0.2, 0.25) is 0 Å². The summed E-state index contributed by atoms with van der Waals surface area (Å²) in [6.45, 7) is 2.32. The van der Waals surface area contributed by atoms with Crippen LogP contribution in [0.1, 0.15) is 25.8 Å². The van der Waals surface area contributed by atoms with E-state index >= 15 is 0 Å². The minimum atomic E-state index is -1.04. The van der Waals surface area contributed by atoms with Crippen molar-refractivity contribution >= 4 is 40.6 Å². The Balaban J connectivity index is 2.05. The van der Waals surface area contributed by atoms with Crippen molar-refractivity contribution in [3.05, 3.63) is 44.0 Å². The first-order valence-electron chi connectivity index (χ1n) is 5.73. The molecule has 0 saturated carbocycles. The molecule has 0 aliphatic rings. The Morgan fingerprint density at radius 1 is 1.45 bits per heavy atom. The smallest absolute Gasteiger partial charge is 0.328 e. The zero-order chi connectivity index (χ0) is 14.5. The number of amides is 1. The van der Waals surface area contributed by atoms with Gasteiger partial charge in [0.05, 0.1) is 22.6 Å². The number of aryl methyl sites for hydroxylation is 1. The Morgan fingerprint density at radius 2 is 2.25 bits per heavy atom. The first kappa shape index (κ1) is 14.4. The molecule has 0 aliphatic heterocycles. The Kier molecular flexibility index (Phi) is 4.65. The van der Waals surface area contributed by atoms with Gasteiger partial charge in [-0.2, -0.15) is 0 Å². The van der Waals surface area contributed by atoms with Gasteiger partial charge in [-0.15, -0.1) is 22.7 Å². The van der Waals surface area contributed by atoms with E-state index in [4.69, 9.17) is 5.11 Å². The van der Waals surface area contributed by atoms with Crippen molar-refractivity contribution in [3.63, 3.8) is 0 Å². The number of thiazole rings is 1. The molecule has 104 valence electrons. The van der Waals surface area contributed by atoms with Crippen molar-refractivity contribution in [3.8, 4) is 0 Å². The number of aliphatic carboxylic acids is 1. The number of carboxylic acid groups (broad SMARTS) is 1. The van der Waals surface area contributed by atoms with Gasteiger partial charge in [-0.1, -0.05) is 0 Å². The fourth-order valence-electron chi connectivity index (χ4n) is 1.53. The molecule has 0 aliphatic carbocycles. The molecule has 2 aromatic rings. The summed E-state index contributed by atoms with van der Waals surface area (Å²) in [6.07, 6.45) is 2.44. The molecule has 0 unspecified atom stereocenters. The predicted octanol–water partition coefficient (Wildman–Crippen LogP) is 2.54. The summed E-state index contributed by atoms with van der Waals surface area (Å²) in [6, 6.07) is 1.72. The summed E-state index contributed by atoms with van der Waals surface area (Å²) in [4.78, 5) is 28.2. The second-order valence-corrected chi connectivity index (χ2v) is 5.78. The average Bonchev–Trinajstić information content (AvgIpc) is 3.02. The van der Waals surface area contributed by atoms with E-state index in [1.165, 1.54) is 28.7 Å². The highest BCUT2D eigenvalue weighted by Gasteiger charge is 2.12. The number of rotatable bonds is 5. The molecule has 0 atom stereocenters. The lowest BCUT2D eigenvalue weighted by Crippen LogP contribution is -2.22. The Labute approximate surface area is 123 Å². The molecule has 2 aromatic heterocycles. The molecule has 7 heteroatoms. The van der Waals surface area contributed by atoms with Crippen LogP contribution >= 0.6 is 22.7 Å². The molecule has 0 saturated heterocycles. The highest BCUT2D eigenvalue weighted by atomic mass is 32.1. The molecule has 2 heterocycles. The van der Waals surface area contributed by atoms with Gasteiger partial charge in [0, 0.05) is 11.0 Å². The SMILES string of the molecule is Cc1ncsc1CNC(=O)c1sccc1C=CC(=O)O. The second-order valence-electron chi connectivity index (χ2n) is 3.92. The van der Waals surface area contributed by atoms with Crippen LogP contribution in [0.15, 0.2) is 23.0 Å². The maximum absolute atomic E-state index is 12.1. The topological polar surface area (TPSA) is 79.3 Å². The Bertz CT molecular complexity index is 658. The van der Waals surface area contributed by atoms with Crippen LogP contribution in [0, 0.1) is 6.92 Å². The summed E-state index contributed by atoms with van der Waals surface area (Å²) < 4.78 is 0. The molecule has 5 nitrogen and oxygen atoms in total. The zero-order valence-electron chi connectivity index (χ0n) is 10.6. The highest BCUT2D eigenvalue weighted by Crippen LogP contribution is 2.19. The van der Waals surface area contributed by atoms with Gasteiger partial charge in [0.25, 0.3) is 5.91 Å². The minimum Gasteiger partial charge on any atom is -0.478 e. The van der Waals surface area contributed by atoms with Crippen LogP contribution < -0.4 is 5.32 Å². The minimum absolute atomic E-state index is 0.210. The van der Waals surface area contributed by atoms with Crippen LogP contribution in [0.25, 0.3) is 6.08 Å². The van der Waals surface area contributed by atoms with E-state index in [0.717, 1.165) is 16.6 Å². The first-order valence-corrected chi connectivity index (χ1v) is 7.49. The lowest BCUT2D eigenvalue weighted by Gasteiger charge is -2.03. The van der Waals surface area contributed by atoms with Crippen LogP contribution in [0.2, 0.25) is 0 Å². The molecule has 2 N–H and O–H groups in total. The maximum atomic E-state index is 12.1. The fraction of sp³-hybridized carbons (Fsp3) is 0.154. The monoisotopic (exact) mass is 308 g/mol. The lowest BCUT2D eigenvalue weighted by atomic mass is 10.2. The van der Waals surface area contributed by atoms with Crippen LogP contribution in [0.5, 0.6) is 0 Å². The van der Waals surface area contributed by atoms with E-state index in [0.29, 0.717) is 17.0 Å². The van der Waals surface area contributed by atoms with Crippen LogP contribution in [0.4, 0.5) is 0 Å². The third-order valence-corrected chi connectivity index (χ3v) is 4.43. The van der Waals surface area contributed by atoms with Gasteiger partial charge in [0.15, 0.2) is 0 Å². The largest absolute Gasteiger partial charge is 0.478 e. The van der Waals surface area contributed by atoms with Gasteiger partial charge in [0.1, 0.15) is 0 Å². The van der Waals surface area contributed by atoms with Crippen molar-refractivity contribution in [2.45, 2.75) is 13.5 Å². The number of hydrogen-bond acceptors (Lipinski definition) is 5. The van der Waals surface area contributed by atoms with Crippen LogP contribution in [-0.2, 0) is 11.3 Å². The summed E-state index contributed by atoms with van der Waals surface area (Å²) in [5, 5.41) is 13.2. The number of carbonyl (C=O) groups excluding carboxylic acids is 1. The average molecular weight is 308 g/mol. The van der Waals surface area contributed by atoms with E-state index in [9.17, 15) is 9.59 Å². The number of carboxylic acids is 1. The van der Waals surface area contributed by atoms with Crippen molar-refractivity contribution in [2.75, 3.05) is 0 Å². The number of nitrogens with one attached hydrogen (secondary N) is 1. The summed E-state index contributed by atoms with van der Waals surface area (Å²) in [5.74, 6) is -1.25. The van der Waals surface area contributed by atoms with Crippen molar-refractivity contribution in [1.29, 1.82) is 0 Å². The number of hydrogen-bond donors (Lipinski definition) is 2. The first-order chi connectivity index (χ1) is 9.58. The normalized spacial score (nSPS) is 10.8. The van der Waals surface area contributed by atoms with E-state index < -0.39 is 5.97 Å². The number of aromatic nitrogens is 1. The van der Waals surface area contributed by atoms with Gasteiger partial charge in [-0.3, -0.25) is 4.79 Å². The molecule has 0 fully saturated rings. The van der Waals surface area contributed by atoms with E-state index in [2.05, 4.69) is 10.3 Å². The second kappa shape index (κ2) is 6.44. The van der Waals surface area contributed by atoms with E-state index in [1.54, 1.807) is 17.0 Å². The third-order valence-electron chi connectivity index (χ3n) is 2.56. The van der Waals surface area contributed by atoms with Crippen LogP contribution in [0.3, 0.4) is 0 Å². The Hall–Kier alpha value is -1.99. The lowest BCUT2D eigenvalue weighted by molar-refractivity contribution is -0.131. The van der Waals surface area contributed by atoms with E-state index in [-0.39, 0.29) is 5.91 Å². The molecule has 20 heavy (non-hydrogen) atoms. The fourth-order valence-corrected chi connectivity index (χ4v) is 3.05. The summed E-state index contributed by atoms with van der Waals surface area (Å²) in [7, 11) is 0. The van der Waals surface area contributed by atoms with Crippen molar-refractivity contribution in [1.82, 2.24) is 10.3 Å². The molecule has 1 amide bonds. The van der Waals surface area contributed by atoms with Gasteiger partial charge in [-0.05, 0) is 30.0 Å². The number of nitrogens with zero attached hydrogens (tertiary/aromatic N) is 1. The molecule has 0 spiro atoms. The number of carbonyl (C=O) groups is 2.